The van der Waals surface area contributed by atoms with E-state index in [1.54, 1.807) is 0 Å². The Kier molecular flexibility index (Phi) is 6.15. The molecule has 0 atom stereocenters. The Labute approximate surface area is 197 Å². The maximum absolute atomic E-state index is 2.31. The Balaban J connectivity index is 1.98. The summed E-state index contributed by atoms with van der Waals surface area (Å²) in [5.74, 6) is 0. The van der Waals surface area contributed by atoms with Gasteiger partial charge < -0.3 is 0 Å². The van der Waals surface area contributed by atoms with Crippen molar-refractivity contribution in [1.82, 2.24) is 0 Å². The third-order valence-electron chi connectivity index (χ3n) is 4.37. The average Bonchev–Trinajstić information content (AvgIpc) is 3.20. The summed E-state index contributed by atoms with van der Waals surface area (Å²) in [6.07, 6.45) is 0. The molecule has 0 saturated heterocycles. The smallest absolute Gasteiger partial charge is 0.0704 e. The van der Waals surface area contributed by atoms with Crippen LogP contribution in [0.15, 0.2) is 64.9 Å². The van der Waals surface area contributed by atoms with Gasteiger partial charge in [0.2, 0.25) is 0 Å². The Hall–Kier alpha value is -1.20. The van der Waals surface area contributed by atoms with Crippen LogP contribution in [0.3, 0.4) is 0 Å². The molecular weight excluding hydrogens is 441 g/mol. The van der Waals surface area contributed by atoms with Crippen LogP contribution in [0.2, 0.25) is 0 Å². The predicted molar refractivity (Wildman–Crippen MR) is 144 cm³/mol. The molecule has 0 nitrogen and oxygen atoms in total. The van der Waals surface area contributed by atoms with Crippen molar-refractivity contribution in [2.75, 3.05) is 0 Å². The van der Waals surface area contributed by atoms with Crippen molar-refractivity contribution < 1.29 is 0 Å². The topological polar surface area (TPSA) is 0 Å². The number of fused-ring (bicyclic) bond motifs is 1. The number of benzene rings is 2. The highest BCUT2D eigenvalue weighted by atomic mass is 32.2. The van der Waals surface area contributed by atoms with E-state index in [-0.39, 0.29) is 9.49 Å². The van der Waals surface area contributed by atoms with Crippen LogP contribution in [0.5, 0.6) is 0 Å². The van der Waals surface area contributed by atoms with E-state index in [0.717, 1.165) is 0 Å². The lowest BCUT2D eigenvalue weighted by atomic mass is 10.0. The average molecular weight is 469 g/mol. The van der Waals surface area contributed by atoms with Crippen LogP contribution in [0, 0.1) is 0 Å². The predicted octanol–water partition coefficient (Wildman–Crippen LogP) is 8.63. The van der Waals surface area contributed by atoms with E-state index in [2.05, 4.69) is 102 Å². The van der Waals surface area contributed by atoms with Crippen molar-refractivity contribution in [2.24, 2.45) is 0 Å². The van der Waals surface area contributed by atoms with Crippen molar-refractivity contribution in [3.63, 3.8) is 0 Å². The molecule has 3 aromatic rings. The molecule has 0 saturated carbocycles. The van der Waals surface area contributed by atoms with Gasteiger partial charge in [-0.3, -0.25) is 0 Å². The standard InChI is InChI=1S/C26H28S4/c1-25(2,3)29-23-19-20(22(27-23)18-15-11-8-12-16-18)24(30-26(4,5)6)28-21(19)17-13-9-7-10-14-17/h7-16H,1-6H3. The van der Waals surface area contributed by atoms with E-state index in [9.17, 15) is 0 Å². The molecule has 0 spiro atoms. The SMILES string of the molecule is CC(C)(C)SC1=S=C(c2ccccc2)c2c(SC(C)(C)C)sc(-c3ccccc3)c21. The summed E-state index contributed by atoms with van der Waals surface area (Å²) in [7, 11) is 1.96. The zero-order chi connectivity index (χ0) is 21.5. The second kappa shape index (κ2) is 8.38. The lowest BCUT2D eigenvalue weighted by molar-refractivity contribution is 0.804. The Bertz CT molecular complexity index is 1120. The summed E-state index contributed by atoms with van der Waals surface area (Å²) in [6, 6.07) is 21.8. The second-order valence-electron chi connectivity index (χ2n) is 9.35. The van der Waals surface area contributed by atoms with E-state index in [0.29, 0.717) is 0 Å². The number of hydrogen-bond acceptors (Lipinski definition) is 3. The first-order chi connectivity index (χ1) is 14.1. The lowest BCUT2D eigenvalue weighted by Gasteiger charge is -2.19. The van der Waals surface area contributed by atoms with Crippen molar-refractivity contribution in [1.29, 1.82) is 0 Å². The van der Waals surface area contributed by atoms with E-state index in [1.165, 1.54) is 40.4 Å². The minimum Gasteiger partial charge on any atom is -0.127 e. The van der Waals surface area contributed by atoms with Crippen LogP contribution in [0.4, 0.5) is 0 Å². The molecule has 30 heavy (non-hydrogen) atoms. The minimum absolute atomic E-state index is 0.166. The molecule has 0 radical (unpaired) electrons. The van der Waals surface area contributed by atoms with Gasteiger partial charge in [-0.2, -0.15) is 0 Å². The molecule has 1 aromatic heterocycles. The minimum atomic E-state index is 0.166. The van der Waals surface area contributed by atoms with Crippen molar-refractivity contribution >= 4 is 54.9 Å². The number of rotatable bonds is 3. The molecule has 4 rings (SSSR count). The van der Waals surface area contributed by atoms with Crippen LogP contribution in [0.25, 0.3) is 10.4 Å². The Morgan fingerprint density at radius 3 is 1.70 bits per heavy atom. The van der Waals surface area contributed by atoms with Gasteiger partial charge in [-0.15, -0.1) is 45.8 Å². The van der Waals surface area contributed by atoms with Crippen molar-refractivity contribution in [3.8, 4) is 10.4 Å². The fourth-order valence-electron chi connectivity index (χ4n) is 3.29. The first-order valence-corrected chi connectivity index (χ1v) is 13.5. The highest BCUT2D eigenvalue weighted by Crippen LogP contribution is 2.51. The maximum atomic E-state index is 2.31. The molecule has 0 N–H and O–H groups in total. The van der Waals surface area contributed by atoms with Gasteiger partial charge in [0.05, 0.1) is 8.41 Å². The second-order valence-corrected chi connectivity index (χ2v) is 15.6. The van der Waals surface area contributed by atoms with Gasteiger partial charge in [0, 0.05) is 30.4 Å². The van der Waals surface area contributed by atoms with Crippen LogP contribution in [0.1, 0.15) is 58.2 Å². The molecule has 156 valence electrons. The van der Waals surface area contributed by atoms with Crippen LogP contribution in [-0.2, 0) is 0 Å². The molecule has 0 bridgehead atoms. The summed E-state index contributed by atoms with van der Waals surface area (Å²) in [5.41, 5.74) is 5.53. The largest absolute Gasteiger partial charge is 0.127 e. The molecular formula is C26H28S4. The molecule has 2 aromatic carbocycles. The van der Waals surface area contributed by atoms with Gasteiger partial charge in [0.25, 0.3) is 0 Å². The lowest BCUT2D eigenvalue weighted by Crippen LogP contribution is -2.12. The van der Waals surface area contributed by atoms with Gasteiger partial charge in [-0.05, 0) is 11.1 Å². The van der Waals surface area contributed by atoms with Crippen molar-refractivity contribution in [2.45, 2.75) is 55.2 Å². The zero-order valence-corrected chi connectivity index (χ0v) is 21.7. The third kappa shape index (κ3) is 4.83. The maximum Gasteiger partial charge on any atom is 0.0704 e. The van der Waals surface area contributed by atoms with Crippen molar-refractivity contribution in [3.05, 3.63) is 77.4 Å². The number of thioether (sulfide) groups is 2. The van der Waals surface area contributed by atoms with Crippen LogP contribution in [-0.4, -0.2) is 18.6 Å². The fraction of sp³-hybridized carbons (Fsp3) is 0.308. The number of hydrogen-bond donors (Lipinski definition) is 0. The van der Waals surface area contributed by atoms with Gasteiger partial charge in [0.15, 0.2) is 0 Å². The molecule has 0 fully saturated rings. The zero-order valence-electron chi connectivity index (χ0n) is 18.4. The normalized spacial score (nSPS) is 14.1. The quantitative estimate of drug-likeness (QED) is 0.279. The van der Waals surface area contributed by atoms with E-state index in [1.807, 2.05) is 45.8 Å². The Morgan fingerprint density at radius 1 is 0.633 bits per heavy atom. The first kappa shape index (κ1) is 22.0. The highest BCUT2D eigenvalue weighted by Gasteiger charge is 2.33. The molecule has 0 aliphatic carbocycles. The van der Waals surface area contributed by atoms with Gasteiger partial charge in [0.1, 0.15) is 0 Å². The summed E-state index contributed by atoms with van der Waals surface area (Å²) in [6.45, 7) is 13.9. The number of thiophene rings is 1. The first-order valence-electron chi connectivity index (χ1n) is 10.2. The summed E-state index contributed by atoms with van der Waals surface area (Å²) >= 11 is 5.97. The summed E-state index contributed by atoms with van der Waals surface area (Å²) in [4.78, 5) is 2.81. The highest BCUT2D eigenvalue weighted by molar-refractivity contribution is 8.28. The monoisotopic (exact) mass is 468 g/mol. The van der Waals surface area contributed by atoms with Crippen LogP contribution >= 0.6 is 45.8 Å². The third-order valence-corrected chi connectivity index (χ3v) is 9.44. The van der Waals surface area contributed by atoms with Gasteiger partial charge >= 0.3 is 0 Å². The molecule has 0 amide bonds. The molecule has 1 aliphatic rings. The van der Waals surface area contributed by atoms with E-state index in [4.69, 9.17) is 0 Å². The summed E-state index contributed by atoms with van der Waals surface area (Å²) < 4.78 is 3.21. The Morgan fingerprint density at radius 2 is 1.17 bits per heavy atom. The summed E-state index contributed by atoms with van der Waals surface area (Å²) in [5, 5.41) is 0. The van der Waals surface area contributed by atoms with E-state index >= 15 is 0 Å². The van der Waals surface area contributed by atoms with Crippen LogP contribution < -0.4 is 0 Å². The van der Waals surface area contributed by atoms with E-state index < -0.39 is 0 Å². The fourth-order valence-corrected chi connectivity index (χ4v) is 9.71. The molecule has 0 unspecified atom stereocenters. The molecule has 1 aliphatic heterocycles. The molecule has 2 heterocycles. The molecule has 4 heteroatoms. The van der Waals surface area contributed by atoms with Gasteiger partial charge in [-0.25, -0.2) is 0 Å². The van der Waals surface area contributed by atoms with Gasteiger partial charge in [-0.1, -0.05) is 102 Å².